The van der Waals surface area contributed by atoms with Crippen LogP contribution in [0.4, 0.5) is 0 Å². The van der Waals surface area contributed by atoms with Gasteiger partial charge >= 0.3 is 5.97 Å². The standard InChI is InChI=1S/C14H27N3O3/c1-4-20-13(19)14(17-3)7-5-6-10(9-14)8-11(16-2)12(15)18/h10-11,16-17H,4-9H2,1-3H3,(H2,15,18). The molecule has 116 valence electrons. The Morgan fingerprint density at radius 3 is 2.65 bits per heavy atom. The van der Waals surface area contributed by atoms with E-state index in [1.165, 1.54) is 0 Å². The van der Waals surface area contributed by atoms with Crippen molar-refractivity contribution in [2.75, 3.05) is 20.7 Å². The summed E-state index contributed by atoms with van der Waals surface area (Å²) in [5.41, 5.74) is 4.75. The number of esters is 1. The summed E-state index contributed by atoms with van der Waals surface area (Å²) in [6, 6.07) is -0.338. The van der Waals surface area contributed by atoms with Gasteiger partial charge in [0.2, 0.25) is 5.91 Å². The molecule has 3 unspecified atom stereocenters. The average Bonchev–Trinajstić information content (AvgIpc) is 2.44. The average molecular weight is 285 g/mol. The number of nitrogens with two attached hydrogens (primary N) is 1. The number of primary amides is 1. The van der Waals surface area contributed by atoms with Crippen molar-refractivity contribution >= 4 is 11.9 Å². The molecule has 4 N–H and O–H groups in total. The van der Waals surface area contributed by atoms with Gasteiger partial charge in [0.25, 0.3) is 0 Å². The molecule has 6 heteroatoms. The third kappa shape index (κ3) is 3.93. The van der Waals surface area contributed by atoms with Crippen molar-refractivity contribution in [2.24, 2.45) is 11.7 Å². The van der Waals surface area contributed by atoms with Crippen molar-refractivity contribution in [3.63, 3.8) is 0 Å². The Morgan fingerprint density at radius 2 is 2.15 bits per heavy atom. The van der Waals surface area contributed by atoms with E-state index in [0.717, 1.165) is 19.3 Å². The first-order chi connectivity index (χ1) is 9.49. The molecule has 1 rings (SSSR count). The Morgan fingerprint density at radius 1 is 1.45 bits per heavy atom. The van der Waals surface area contributed by atoms with Crippen LogP contribution in [0.25, 0.3) is 0 Å². The van der Waals surface area contributed by atoms with Crippen LogP contribution >= 0.6 is 0 Å². The summed E-state index contributed by atoms with van der Waals surface area (Å²) in [5, 5.41) is 6.08. The van der Waals surface area contributed by atoms with Crippen LogP contribution in [-0.4, -0.2) is 44.2 Å². The summed E-state index contributed by atoms with van der Waals surface area (Å²) >= 11 is 0. The summed E-state index contributed by atoms with van der Waals surface area (Å²) in [6.45, 7) is 2.19. The SMILES string of the molecule is CCOC(=O)C1(NC)CCCC(CC(NC)C(N)=O)C1. The molecule has 1 amide bonds. The molecule has 1 fully saturated rings. The largest absolute Gasteiger partial charge is 0.465 e. The van der Waals surface area contributed by atoms with Crippen molar-refractivity contribution in [1.29, 1.82) is 0 Å². The lowest BCUT2D eigenvalue weighted by atomic mass is 9.73. The number of carbonyl (C=O) groups excluding carboxylic acids is 2. The van der Waals surface area contributed by atoms with Gasteiger partial charge in [-0.3, -0.25) is 9.59 Å². The molecular weight excluding hydrogens is 258 g/mol. The third-order valence-electron chi connectivity index (χ3n) is 4.26. The molecule has 3 atom stereocenters. The fourth-order valence-electron chi connectivity index (χ4n) is 3.08. The molecule has 1 saturated carbocycles. The summed E-state index contributed by atoms with van der Waals surface area (Å²) in [7, 11) is 3.53. The maximum Gasteiger partial charge on any atom is 0.326 e. The first-order valence-electron chi connectivity index (χ1n) is 7.31. The number of hydrogen-bond acceptors (Lipinski definition) is 5. The van der Waals surface area contributed by atoms with Crippen molar-refractivity contribution in [1.82, 2.24) is 10.6 Å². The molecule has 20 heavy (non-hydrogen) atoms. The Balaban J connectivity index is 2.73. The third-order valence-corrected chi connectivity index (χ3v) is 4.26. The minimum Gasteiger partial charge on any atom is -0.465 e. The summed E-state index contributed by atoms with van der Waals surface area (Å²) in [5.74, 6) is -0.248. The molecule has 0 aromatic heterocycles. The number of likely N-dealkylation sites (N-methyl/N-ethyl adjacent to an activating group) is 2. The van der Waals surface area contributed by atoms with E-state index in [2.05, 4.69) is 10.6 Å². The number of amides is 1. The maximum absolute atomic E-state index is 12.2. The first-order valence-corrected chi connectivity index (χ1v) is 7.31. The molecule has 0 heterocycles. The Bertz CT molecular complexity index is 349. The highest BCUT2D eigenvalue weighted by atomic mass is 16.5. The zero-order valence-corrected chi connectivity index (χ0v) is 12.7. The van der Waals surface area contributed by atoms with Crippen LogP contribution in [0.1, 0.15) is 39.0 Å². The van der Waals surface area contributed by atoms with Gasteiger partial charge in [0.15, 0.2) is 0 Å². The fourth-order valence-corrected chi connectivity index (χ4v) is 3.08. The topological polar surface area (TPSA) is 93.4 Å². The van der Waals surface area contributed by atoms with E-state index in [-0.39, 0.29) is 23.8 Å². The molecular formula is C14H27N3O3. The Hall–Kier alpha value is -1.14. The Labute approximate surface area is 120 Å². The number of nitrogens with one attached hydrogen (secondary N) is 2. The predicted molar refractivity (Wildman–Crippen MR) is 77.0 cm³/mol. The van der Waals surface area contributed by atoms with Crippen molar-refractivity contribution < 1.29 is 14.3 Å². The van der Waals surface area contributed by atoms with Gasteiger partial charge in [-0.2, -0.15) is 0 Å². The van der Waals surface area contributed by atoms with Crippen molar-refractivity contribution in [2.45, 2.75) is 50.6 Å². The van der Waals surface area contributed by atoms with Crippen LogP contribution in [0.5, 0.6) is 0 Å². The molecule has 0 aromatic carbocycles. The highest BCUT2D eigenvalue weighted by molar-refractivity contribution is 5.81. The summed E-state index contributed by atoms with van der Waals surface area (Å²) in [6.07, 6.45) is 4.08. The lowest BCUT2D eigenvalue weighted by molar-refractivity contribution is -0.153. The number of rotatable bonds is 7. The lowest BCUT2D eigenvalue weighted by Crippen LogP contribution is -2.55. The van der Waals surface area contributed by atoms with Crippen LogP contribution in [-0.2, 0) is 14.3 Å². The minimum atomic E-state index is -0.616. The van der Waals surface area contributed by atoms with Gasteiger partial charge in [0.05, 0.1) is 12.6 Å². The van der Waals surface area contributed by atoms with Gasteiger partial charge < -0.3 is 21.1 Å². The van der Waals surface area contributed by atoms with Crippen molar-refractivity contribution in [3.05, 3.63) is 0 Å². The highest BCUT2D eigenvalue weighted by Crippen LogP contribution is 2.35. The second-order valence-electron chi connectivity index (χ2n) is 5.49. The summed E-state index contributed by atoms with van der Waals surface area (Å²) in [4.78, 5) is 23.5. The van der Waals surface area contributed by atoms with Crippen LogP contribution in [0.2, 0.25) is 0 Å². The first kappa shape index (κ1) is 16.9. The highest BCUT2D eigenvalue weighted by Gasteiger charge is 2.43. The second kappa shape index (κ2) is 7.59. The normalized spacial score (nSPS) is 27.9. The smallest absolute Gasteiger partial charge is 0.326 e. The van der Waals surface area contributed by atoms with E-state index in [1.54, 1.807) is 14.1 Å². The molecule has 6 nitrogen and oxygen atoms in total. The molecule has 0 bridgehead atoms. The molecule has 0 spiro atoms. The summed E-state index contributed by atoms with van der Waals surface area (Å²) < 4.78 is 5.19. The number of hydrogen-bond donors (Lipinski definition) is 3. The maximum atomic E-state index is 12.2. The molecule has 1 aliphatic carbocycles. The zero-order chi connectivity index (χ0) is 15.2. The van der Waals surface area contributed by atoms with Crippen LogP contribution in [0.3, 0.4) is 0 Å². The van der Waals surface area contributed by atoms with Gasteiger partial charge in [-0.1, -0.05) is 12.8 Å². The number of ether oxygens (including phenoxy) is 1. The van der Waals surface area contributed by atoms with E-state index >= 15 is 0 Å². The van der Waals surface area contributed by atoms with Gasteiger partial charge in [0.1, 0.15) is 5.54 Å². The van der Waals surface area contributed by atoms with Crippen LogP contribution < -0.4 is 16.4 Å². The fraction of sp³-hybridized carbons (Fsp3) is 0.857. The van der Waals surface area contributed by atoms with E-state index in [1.807, 2.05) is 6.92 Å². The second-order valence-corrected chi connectivity index (χ2v) is 5.49. The number of carbonyl (C=O) groups is 2. The molecule has 1 aliphatic rings. The van der Waals surface area contributed by atoms with E-state index < -0.39 is 5.54 Å². The van der Waals surface area contributed by atoms with Gasteiger partial charge in [-0.25, -0.2) is 0 Å². The van der Waals surface area contributed by atoms with E-state index in [9.17, 15) is 9.59 Å². The zero-order valence-electron chi connectivity index (χ0n) is 12.7. The molecule has 0 radical (unpaired) electrons. The van der Waals surface area contributed by atoms with Crippen molar-refractivity contribution in [3.8, 4) is 0 Å². The predicted octanol–water partition coefficient (Wildman–Crippen LogP) is 0.161. The Kier molecular flexibility index (Phi) is 6.42. The van der Waals surface area contributed by atoms with Gasteiger partial charge in [-0.15, -0.1) is 0 Å². The molecule has 0 aliphatic heterocycles. The minimum absolute atomic E-state index is 0.188. The quantitative estimate of drug-likeness (QED) is 0.579. The van der Waals surface area contributed by atoms with Crippen LogP contribution in [0.15, 0.2) is 0 Å². The van der Waals surface area contributed by atoms with E-state index in [0.29, 0.717) is 19.4 Å². The molecule has 0 saturated heterocycles. The van der Waals surface area contributed by atoms with Gasteiger partial charge in [0, 0.05) is 0 Å². The van der Waals surface area contributed by atoms with Gasteiger partial charge in [-0.05, 0) is 46.2 Å². The molecule has 0 aromatic rings. The monoisotopic (exact) mass is 285 g/mol. The lowest BCUT2D eigenvalue weighted by Gasteiger charge is -2.39. The van der Waals surface area contributed by atoms with Crippen LogP contribution in [0, 0.1) is 5.92 Å². The van der Waals surface area contributed by atoms with E-state index in [4.69, 9.17) is 10.5 Å².